The third kappa shape index (κ3) is 12.7. The molecule has 0 radical (unpaired) electrons. The van der Waals surface area contributed by atoms with Crippen LogP contribution in [0.5, 0.6) is 0 Å². The van der Waals surface area contributed by atoms with E-state index < -0.39 is 68.0 Å². The molecule has 0 aliphatic rings. The van der Waals surface area contributed by atoms with Crippen molar-refractivity contribution in [3.8, 4) is 11.4 Å². The molecule has 2 rings (SSSR count). The van der Waals surface area contributed by atoms with E-state index in [1.165, 1.54) is 12.8 Å². The molecule has 0 fully saturated rings. The fraction of sp³-hybridized carbons (Fsp3) is 0.697. The molecule has 0 amide bonds. The summed E-state index contributed by atoms with van der Waals surface area (Å²) in [4.78, 5) is 8.75. The van der Waals surface area contributed by atoms with E-state index in [-0.39, 0.29) is 12.8 Å². The van der Waals surface area contributed by atoms with Gasteiger partial charge in [-0.1, -0.05) is 76.1 Å². The van der Waals surface area contributed by atoms with Crippen molar-refractivity contribution >= 4 is 0 Å². The van der Waals surface area contributed by atoms with Crippen molar-refractivity contribution in [3.05, 3.63) is 47.8 Å². The maximum atomic E-state index is 14.6. The van der Waals surface area contributed by atoms with E-state index in [1.54, 1.807) is 41.4 Å². The number of aryl methyl sites for hydroxylation is 2. The van der Waals surface area contributed by atoms with Crippen molar-refractivity contribution in [1.82, 2.24) is 9.97 Å². The first-order valence-electron chi connectivity index (χ1n) is 16.7. The van der Waals surface area contributed by atoms with Gasteiger partial charge in [0.15, 0.2) is 5.82 Å². The molecule has 1 heterocycles. The zero-order valence-corrected chi connectivity index (χ0v) is 28.9. The first kappa shape index (κ1) is 48.1. The van der Waals surface area contributed by atoms with Crippen molar-refractivity contribution in [2.45, 2.75) is 139 Å². The number of benzene rings is 1. The van der Waals surface area contributed by atoms with Gasteiger partial charge < -0.3 is 4.74 Å². The largest absolute Gasteiger partial charge is 0.527 e. The first-order valence-corrected chi connectivity index (χ1v) is 16.7. The highest BCUT2D eigenvalue weighted by atomic mass is 19.4. The summed E-state index contributed by atoms with van der Waals surface area (Å²) in [5.41, 5.74) is 2.44. The van der Waals surface area contributed by atoms with Gasteiger partial charge in [-0.25, -0.2) is 23.5 Å². The second-order valence-corrected chi connectivity index (χ2v) is 12.4. The van der Waals surface area contributed by atoms with Gasteiger partial charge in [0.2, 0.25) is 6.29 Å². The third-order valence-electron chi connectivity index (χ3n) is 8.00. The van der Waals surface area contributed by atoms with Gasteiger partial charge in [-0.05, 0) is 43.2 Å². The van der Waals surface area contributed by atoms with E-state index in [1.807, 2.05) is 0 Å². The van der Waals surface area contributed by atoms with Crippen molar-refractivity contribution in [1.29, 1.82) is 0 Å². The molecule has 1 aromatic heterocycles. The van der Waals surface area contributed by atoms with E-state index in [4.69, 9.17) is 0 Å². The molecule has 0 spiro atoms. The number of rotatable bonds is 25. The predicted molar refractivity (Wildman–Crippen MR) is 160 cm³/mol. The van der Waals surface area contributed by atoms with Crippen molar-refractivity contribution in [2.24, 2.45) is 0 Å². The van der Waals surface area contributed by atoms with Crippen LogP contribution in [0.2, 0.25) is 0 Å². The number of hydrogen-bond donors (Lipinski definition) is 0. The summed E-state index contributed by atoms with van der Waals surface area (Å²) in [6.45, 7) is 0.612. The van der Waals surface area contributed by atoms with Gasteiger partial charge in [0.25, 0.3) is 0 Å². The van der Waals surface area contributed by atoms with Crippen LogP contribution in [0.15, 0.2) is 36.7 Å². The zero-order chi connectivity index (χ0) is 41.9. The van der Waals surface area contributed by atoms with Crippen molar-refractivity contribution in [3.63, 3.8) is 0 Å². The Bertz CT molecular complexity index is 1420. The first-order chi connectivity index (χ1) is 25.2. The number of aromatic nitrogens is 2. The molecule has 5 nitrogen and oxygen atoms in total. The third-order valence-corrected chi connectivity index (χ3v) is 8.00. The minimum atomic E-state index is -7.83. The fourth-order valence-corrected chi connectivity index (χ4v) is 4.86. The standard InChI is InChI=1S/C33H37F17N2O3/c1-2-3-4-5-6-10-13-22-19-51-24(52-20-22)23-16-14-21(15-17-23)12-9-7-8-11-18-53-26(54-31(44,45)32(46,47)55-33(48,49)50)28(38,39)30(42,43)29(40,41)27(36,37)25(34)35/h14-17,19-20,25-26H,2-13,18H2,1H3. The SMILES string of the molecule is CCCCCCCCc1cnc(-c2ccc(CCCCCCOC(OC(F)(F)C(F)(F)OC(F)(F)F)C(F)(F)C(F)(F)C(F)(F)C(F)(F)C(F)F)cc2)nc1. The molecule has 22 heteroatoms. The lowest BCUT2D eigenvalue weighted by Crippen LogP contribution is -2.68. The van der Waals surface area contributed by atoms with E-state index in [0.29, 0.717) is 24.2 Å². The van der Waals surface area contributed by atoms with Crippen LogP contribution >= 0.6 is 0 Å². The minimum absolute atomic E-state index is 0.138. The lowest BCUT2D eigenvalue weighted by molar-refractivity contribution is -0.527. The quantitative estimate of drug-likeness (QED) is 0.0567. The number of hydrogen-bond acceptors (Lipinski definition) is 5. The van der Waals surface area contributed by atoms with Gasteiger partial charge in [0.05, 0.1) is 0 Å². The number of ether oxygens (including phenoxy) is 3. The van der Waals surface area contributed by atoms with Gasteiger partial charge in [-0.15, -0.1) is 13.2 Å². The van der Waals surface area contributed by atoms with E-state index >= 15 is 0 Å². The van der Waals surface area contributed by atoms with Crippen LogP contribution in [-0.2, 0) is 27.1 Å². The molecule has 1 aromatic carbocycles. The van der Waals surface area contributed by atoms with Crippen LogP contribution in [0.25, 0.3) is 11.4 Å². The Morgan fingerprint density at radius 1 is 0.564 bits per heavy atom. The molecule has 0 aliphatic heterocycles. The minimum Gasteiger partial charge on any atom is -0.347 e. The summed E-state index contributed by atoms with van der Waals surface area (Å²) in [5.74, 6) is -29.8. The molecule has 0 aliphatic carbocycles. The normalized spacial score (nSPS) is 14.5. The summed E-state index contributed by atoms with van der Waals surface area (Å²) >= 11 is 0. The van der Waals surface area contributed by atoms with Gasteiger partial charge in [0.1, 0.15) is 0 Å². The summed E-state index contributed by atoms with van der Waals surface area (Å²) in [6.07, 6.45) is -20.5. The molecule has 0 saturated carbocycles. The number of nitrogens with zero attached hydrogens (tertiary/aromatic N) is 2. The Morgan fingerprint density at radius 2 is 1.04 bits per heavy atom. The molecular formula is C33H37F17N2O3. The maximum Gasteiger partial charge on any atom is 0.527 e. The molecular weight excluding hydrogens is 795 g/mol. The zero-order valence-electron chi connectivity index (χ0n) is 28.9. The maximum absolute atomic E-state index is 14.6. The van der Waals surface area contributed by atoms with Crippen molar-refractivity contribution < 1.29 is 88.8 Å². The monoisotopic (exact) mass is 832 g/mol. The summed E-state index contributed by atoms with van der Waals surface area (Å²) in [7, 11) is 0. The van der Waals surface area contributed by atoms with Crippen LogP contribution in [0.3, 0.4) is 0 Å². The van der Waals surface area contributed by atoms with Crippen molar-refractivity contribution in [2.75, 3.05) is 6.61 Å². The van der Waals surface area contributed by atoms with Gasteiger partial charge in [0, 0.05) is 24.6 Å². The lowest BCUT2D eigenvalue weighted by atomic mass is 9.98. The van der Waals surface area contributed by atoms with E-state index in [0.717, 1.165) is 43.2 Å². The Hall–Kier alpha value is -3.01. The predicted octanol–water partition coefficient (Wildman–Crippen LogP) is 12.0. The van der Waals surface area contributed by atoms with Gasteiger partial charge >= 0.3 is 48.7 Å². The van der Waals surface area contributed by atoms with E-state index in [2.05, 4.69) is 26.4 Å². The number of alkyl halides is 17. The second kappa shape index (κ2) is 19.4. The summed E-state index contributed by atoms with van der Waals surface area (Å²) in [6, 6.07) is 6.90. The van der Waals surface area contributed by atoms with E-state index in [9.17, 15) is 74.6 Å². The topological polar surface area (TPSA) is 53.5 Å². The molecule has 316 valence electrons. The Balaban J connectivity index is 2.02. The molecule has 55 heavy (non-hydrogen) atoms. The fourth-order valence-electron chi connectivity index (χ4n) is 4.86. The average Bonchev–Trinajstić information content (AvgIpc) is 3.07. The molecule has 1 atom stereocenters. The Kier molecular flexibility index (Phi) is 17.0. The molecule has 2 aromatic rings. The number of unbranched alkanes of at least 4 members (excludes halogenated alkanes) is 8. The highest BCUT2D eigenvalue weighted by Gasteiger charge is 2.85. The molecule has 0 N–H and O–H groups in total. The average molecular weight is 833 g/mol. The Labute approximate surface area is 303 Å². The molecule has 1 unspecified atom stereocenters. The smallest absolute Gasteiger partial charge is 0.347 e. The summed E-state index contributed by atoms with van der Waals surface area (Å²) < 4.78 is 236. The Morgan fingerprint density at radius 3 is 1.55 bits per heavy atom. The highest BCUT2D eigenvalue weighted by molar-refractivity contribution is 5.55. The highest BCUT2D eigenvalue weighted by Crippen LogP contribution is 2.56. The van der Waals surface area contributed by atoms with Crippen LogP contribution in [0.4, 0.5) is 74.6 Å². The van der Waals surface area contributed by atoms with Gasteiger partial charge in [-0.3, -0.25) is 4.74 Å². The second-order valence-electron chi connectivity index (χ2n) is 12.4. The lowest BCUT2D eigenvalue weighted by Gasteiger charge is -2.40. The molecule has 0 bridgehead atoms. The van der Waals surface area contributed by atoms with Crippen LogP contribution < -0.4 is 0 Å². The van der Waals surface area contributed by atoms with Crippen LogP contribution in [0, 0.1) is 0 Å². The number of halogens is 17. The van der Waals surface area contributed by atoms with Crippen LogP contribution in [-0.4, -0.2) is 71.6 Å². The summed E-state index contributed by atoms with van der Waals surface area (Å²) in [5, 5.41) is 0. The van der Waals surface area contributed by atoms with Gasteiger partial charge in [-0.2, -0.15) is 52.7 Å². The molecule has 0 saturated heterocycles. The van der Waals surface area contributed by atoms with Crippen LogP contribution in [0.1, 0.15) is 82.3 Å².